The van der Waals surface area contributed by atoms with Gasteiger partial charge in [0, 0.05) is 11.1 Å². The summed E-state index contributed by atoms with van der Waals surface area (Å²) < 4.78 is 0. The third-order valence-corrected chi connectivity index (χ3v) is 6.10. The summed E-state index contributed by atoms with van der Waals surface area (Å²) in [5, 5.41) is 0. The van der Waals surface area contributed by atoms with Crippen LogP contribution in [0.4, 0.5) is 0 Å². The Morgan fingerprint density at radius 2 is 0.750 bits per heavy atom. The van der Waals surface area contributed by atoms with E-state index in [4.69, 9.17) is 0 Å². The maximum absolute atomic E-state index is 12.4. The zero-order chi connectivity index (χ0) is 29.1. The van der Waals surface area contributed by atoms with E-state index in [1.54, 1.807) is 60.7 Å². The molecule has 0 aliphatic carbocycles. The first-order chi connectivity index (χ1) is 19.2. The molecule has 0 unspecified atom stereocenters. The molecule has 0 amide bonds. The van der Waals surface area contributed by atoms with Crippen molar-refractivity contribution in [2.45, 2.75) is 27.7 Å². The Morgan fingerprint density at radius 1 is 0.450 bits per heavy atom. The first kappa shape index (κ1) is 29.6. The summed E-state index contributed by atoms with van der Waals surface area (Å²) in [7, 11) is 0. The second-order valence-corrected chi connectivity index (χ2v) is 9.44. The highest BCUT2D eigenvalue weighted by Gasteiger charge is 2.17. The fraction of sp³-hybridized carbons (Fsp3) is 0.111. The molecule has 4 nitrogen and oxygen atoms in total. The van der Waals surface area contributed by atoms with Gasteiger partial charge in [-0.25, -0.2) is 0 Å². The number of aryl methyl sites for hydroxylation is 2. The van der Waals surface area contributed by atoms with E-state index < -0.39 is 0 Å². The molecule has 0 bridgehead atoms. The van der Waals surface area contributed by atoms with E-state index in [1.807, 2.05) is 74.5 Å². The minimum absolute atomic E-state index is 0.208. The zero-order valence-electron chi connectivity index (χ0n) is 23.2. The lowest BCUT2D eigenvalue weighted by Crippen LogP contribution is -2.10. The predicted molar refractivity (Wildman–Crippen MR) is 161 cm³/mol. The average Bonchev–Trinajstić information content (AvgIpc) is 2.97. The summed E-state index contributed by atoms with van der Waals surface area (Å²) in [5.74, 6) is -0.920. The van der Waals surface area contributed by atoms with Crippen LogP contribution in [0.15, 0.2) is 120 Å². The van der Waals surface area contributed by atoms with Crippen molar-refractivity contribution in [1.29, 1.82) is 0 Å². The summed E-state index contributed by atoms with van der Waals surface area (Å²) in [6, 6.07) is 33.1. The molecule has 0 heterocycles. The Bertz CT molecular complexity index is 1420. The van der Waals surface area contributed by atoms with Crippen LogP contribution in [0.1, 0.15) is 56.8 Å². The Kier molecular flexibility index (Phi) is 10.6. The number of Topliss-reactive ketones (excluding diaryl/α,β-unsaturated/α-hetero) is 4. The molecule has 4 rings (SSSR count). The molecule has 4 heteroatoms. The van der Waals surface area contributed by atoms with Crippen LogP contribution in [-0.4, -0.2) is 23.1 Å². The molecule has 4 aromatic carbocycles. The molecule has 0 aliphatic heterocycles. The molecule has 0 spiro atoms. The van der Waals surface area contributed by atoms with Crippen LogP contribution in [0.3, 0.4) is 0 Å². The number of carbonyl (C=O) groups excluding carboxylic acids is 4. The fourth-order valence-electron chi connectivity index (χ4n) is 3.80. The minimum Gasteiger partial charge on any atom is -0.294 e. The Balaban J connectivity index is 0.000000220. The van der Waals surface area contributed by atoms with Gasteiger partial charge in [0.15, 0.2) is 23.1 Å². The van der Waals surface area contributed by atoms with E-state index in [1.165, 1.54) is 13.8 Å². The summed E-state index contributed by atoms with van der Waals surface area (Å²) >= 11 is 0. The molecule has 0 radical (unpaired) electrons. The minimum atomic E-state index is -0.237. The van der Waals surface area contributed by atoms with Crippen LogP contribution in [-0.2, 0) is 9.59 Å². The third-order valence-electron chi connectivity index (χ3n) is 6.10. The van der Waals surface area contributed by atoms with Crippen molar-refractivity contribution in [2.75, 3.05) is 0 Å². The lowest BCUT2D eigenvalue weighted by Gasteiger charge is -2.04. The van der Waals surface area contributed by atoms with Gasteiger partial charge in [-0.15, -0.1) is 0 Å². The van der Waals surface area contributed by atoms with Crippen molar-refractivity contribution in [3.63, 3.8) is 0 Å². The first-order valence-corrected chi connectivity index (χ1v) is 12.9. The molecule has 0 fully saturated rings. The van der Waals surface area contributed by atoms with Gasteiger partial charge in [-0.1, -0.05) is 120 Å². The van der Waals surface area contributed by atoms with E-state index in [2.05, 4.69) is 0 Å². The zero-order valence-corrected chi connectivity index (χ0v) is 23.2. The van der Waals surface area contributed by atoms with Gasteiger partial charge in [-0.2, -0.15) is 0 Å². The van der Waals surface area contributed by atoms with Crippen molar-refractivity contribution in [3.8, 4) is 0 Å². The van der Waals surface area contributed by atoms with E-state index in [9.17, 15) is 19.2 Å². The van der Waals surface area contributed by atoms with Crippen molar-refractivity contribution >= 4 is 35.3 Å². The highest BCUT2D eigenvalue weighted by molar-refractivity contribution is 6.29. The van der Waals surface area contributed by atoms with Crippen LogP contribution in [0.5, 0.6) is 0 Å². The van der Waals surface area contributed by atoms with Crippen LogP contribution in [0, 0.1) is 13.8 Å². The van der Waals surface area contributed by atoms with E-state index in [0.29, 0.717) is 11.1 Å². The highest BCUT2D eigenvalue weighted by Crippen LogP contribution is 2.16. The van der Waals surface area contributed by atoms with Gasteiger partial charge in [0.2, 0.25) is 0 Å². The molecule has 0 saturated heterocycles. The topological polar surface area (TPSA) is 68.3 Å². The highest BCUT2D eigenvalue weighted by atomic mass is 16.2. The smallest absolute Gasteiger partial charge is 0.196 e. The Labute approximate surface area is 235 Å². The van der Waals surface area contributed by atoms with Gasteiger partial charge in [0.1, 0.15) is 0 Å². The molecule has 0 N–H and O–H groups in total. The van der Waals surface area contributed by atoms with Crippen LogP contribution in [0.2, 0.25) is 0 Å². The molecule has 0 saturated carbocycles. The Morgan fingerprint density at radius 3 is 1.02 bits per heavy atom. The standard InChI is InChI=1S/2C18H16O2/c2*1-13-8-10-15(11-9-13)12-17(14(2)19)18(20)16-6-4-3-5-7-16/h2*3-12H,1-2H3/b2*17-12-. The molecule has 200 valence electrons. The molecular weight excluding hydrogens is 496 g/mol. The summed E-state index contributed by atoms with van der Waals surface area (Å²) in [4.78, 5) is 48.2. The lowest BCUT2D eigenvalue weighted by molar-refractivity contribution is -0.114. The number of carbonyl (C=O) groups is 4. The van der Waals surface area contributed by atoms with Crippen molar-refractivity contribution in [1.82, 2.24) is 0 Å². The third kappa shape index (κ3) is 8.53. The molecule has 40 heavy (non-hydrogen) atoms. The summed E-state index contributed by atoms with van der Waals surface area (Å²) in [6.07, 6.45) is 3.30. The number of rotatable bonds is 8. The monoisotopic (exact) mass is 528 g/mol. The first-order valence-electron chi connectivity index (χ1n) is 12.9. The van der Waals surface area contributed by atoms with E-state index >= 15 is 0 Å². The maximum atomic E-state index is 12.4. The van der Waals surface area contributed by atoms with Gasteiger partial charge in [-0.05, 0) is 51.0 Å². The largest absolute Gasteiger partial charge is 0.294 e. The van der Waals surface area contributed by atoms with Crippen molar-refractivity contribution < 1.29 is 19.2 Å². The van der Waals surface area contributed by atoms with Gasteiger partial charge in [0.05, 0.1) is 11.1 Å². The number of hydrogen-bond acceptors (Lipinski definition) is 4. The number of benzene rings is 4. The van der Waals surface area contributed by atoms with E-state index in [0.717, 1.165) is 22.3 Å². The number of allylic oxidation sites excluding steroid dienone is 2. The number of ketones is 4. The number of hydrogen-bond donors (Lipinski definition) is 0. The molecule has 4 aromatic rings. The van der Waals surface area contributed by atoms with Crippen molar-refractivity contribution in [3.05, 3.63) is 154 Å². The van der Waals surface area contributed by atoms with Crippen molar-refractivity contribution in [2.24, 2.45) is 0 Å². The average molecular weight is 529 g/mol. The van der Waals surface area contributed by atoms with Crippen LogP contribution >= 0.6 is 0 Å². The maximum Gasteiger partial charge on any atom is 0.196 e. The lowest BCUT2D eigenvalue weighted by atomic mass is 9.98. The Hall–Kier alpha value is -4.96. The molecule has 0 aromatic heterocycles. The second-order valence-electron chi connectivity index (χ2n) is 9.44. The predicted octanol–water partition coefficient (Wildman–Crippen LogP) is 7.70. The van der Waals surface area contributed by atoms with Gasteiger partial charge >= 0.3 is 0 Å². The second kappa shape index (κ2) is 14.3. The van der Waals surface area contributed by atoms with E-state index in [-0.39, 0.29) is 34.3 Å². The normalized spacial score (nSPS) is 11.2. The molecular formula is C36H32O4. The van der Waals surface area contributed by atoms with Crippen LogP contribution < -0.4 is 0 Å². The quantitative estimate of drug-likeness (QED) is 0.102. The van der Waals surface area contributed by atoms with Gasteiger partial charge < -0.3 is 0 Å². The summed E-state index contributed by atoms with van der Waals surface area (Å²) in [6.45, 7) is 6.82. The van der Waals surface area contributed by atoms with Gasteiger partial charge in [-0.3, -0.25) is 19.2 Å². The SMILES string of the molecule is CC(=O)/C(=C/c1ccc(C)cc1)C(=O)c1ccccc1.CC(=O)/C(=C/c1ccc(C)cc1)C(=O)c1ccccc1. The molecule has 0 atom stereocenters. The fourth-order valence-corrected chi connectivity index (χ4v) is 3.80. The van der Waals surface area contributed by atoms with Crippen LogP contribution in [0.25, 0.3) is 12.2 Å². The molecule has 0 aliphatic rings. The summed E-state index contributed by atoms with van der Waals surface area (Å²) in [5.41, 5.74) is 5.46. The van der Waals surface area contributed by atoms with Gasteiger partial charge in [0.25, 0.3) is 0 Å².